The predicted molar refractivity (Wildman–Crippen MR) is 83.5 cm³/mol. The second-order valence-corrected chi connectivity index (χ2v) is 5.25. The zero-order valence-electron chi connectivity index (χ0n) is 11.1. The van der Waals surface area contributed by atoms with E-state index in [9.17, 15) is 4.79 Å². The number of carbonyl (C=O) groups is 1. The molecule has 0 aliphatic carbocycles. The normalized spacial score (nSPS) is 21.1. The molecule has 1 aromatic rings. The highest BCUT2D eigenvalue weighted by molar-refractivity contribution is 9.10. The summed E-state index contributed by atoms with van der Waals surface area (Å²) in [7, 11) is 1.58. The summed E-state index contributed by atoms with van der Waals surface area (Å²) in [6.07, 6.45) is 1.12. The molecule has 20 heavy (non-hydrogen) atoms. The van der Waals surface area contributed by atoms with Crippen LogP contribution in [0.5, 0.6) is 5.75 Å². The Morgan fingerprint density at radius 2 is 2.30 bits per heavy atom. The van der Waals surface area contributed by atoms with Gasteiger partial charge < -0.3 is 20.5 Å². The van der Waals surface area contributed by atoms with Crippen molar-refractivity contribution in [3.8, 4) is 5.75 Å². The van der Waals surface area contributed by atoms with Gasteiger partial charge in [-0.15, -0.1) is 12.4 Å². The molecule has 0 spiro atoms. The van der Waals surface area contributed by atoms with E-state index < -0.39 is 6.10 Å². The topological polar surface area (TPSA) is 73.6 Å². The maximum Gasteiger partial charge on any atom is 0.253 e. The number of anilines is 1. The molecular weight excluding hydrogens is 348 g/mol. The average molecular weight is 366 g/mol. The first-order chi connectivity index (χ1) is 9.13. The number of methoxy groups -OCH3 is 1. The van der Waals surface area contributed by atoms with Crippen LogP contribution < -0.4 is 15.8 Å². The van der Waals surface area contributed by atoms with Crippen LogP contribution in [-0.2, 0) is 9.53 Å². The number of nitrogens with two attached hydrogens (primary N) is 1. The predicted octanol–water partition coefficient (Wildman–Crippen LogP) is 2.32. The molecule has 1 amide bonds. The first-order valence-electron chi connectivity index (χ1n) is 6.14. The number of halogens is 2. The molecular formula is C13H18BrClN2O3. The second kappa shape index (κ2) is 7.83. The van der Waals surface area contributed by atoms with Crippen LogP contribution in [-0.4, -0.2) is 31.8 Å². The van der Waals surface area contributed by atoms with E-state index in [1.54, 1.807) is 19.2 Å². The van der Waals surface area contributed by atoms with Gasteiger partial charge in [-0.05, 0) is 40.9 Å². The fraction of sp³-hybridized carbons (Fsp3) is 0.462. The van der Waals surface area contributed by atoms with Crippen molar-refractivity contribution < 1.29 is 14.3 Å². The Labute approximate surface area is 132 Å². The van der Waals surface area contributed by atoms with Gasteiger partial charge in [-0.2, -0.15) is 0 Å². The first kappa shape index (κ1) is 17.2. The van der Waals surface area contributed by atoms with Crippen LogP contribution in [0.15, 0.2) is 22.7 Å². The van der Waals surface area contributed by atoms with Crippen molar-refractivity contribution >= 4 is 39.9 Å². The zero-order valence-corrected chi connectivity index (χ0v) is 13.5. The molecule has 1 aliphatic heterocycles. The van der Waals surface area contributed by atoms with Gasteiger partial charge in [0.15, 0.2) is 0 Å². The second-order valence-electron chi connectivity index (χ2n) is 4.40. The molecule has 0 saturated carbocycles. The fourth-order valence-corrected chi connectivity index (χ4v) is 2.44. The van der Waals surface area contributed by atoms with Gasteiger partial charge in [0, 0.05) is 18.3 Å². The van der Waals surface area contributed by atoms with E-state index in [-0.39, 0.29) is 24.4 Å². The van der Waals surface area contributed by atoms with Crippen LogP contribution in [0.2, 0.25) is 0 Å². The Balaban J connectivity index is 0.00000200. The molecule has 5 nitrogen and oxygen atoms in total. The molecule has 0 radical (unpaired) electrons. The molecule has 1 fully saturated rings. The minimum absolute atomic E-state index is 0. The molecule has 7 heteroatoms. The molecule has 1 heterocycles. The molecule has 3 N–H and O–H groups in total. The van der Waals surface area contributed by atoms with Crippen molar-refractivity contribution in [2.75, 3.05) is 19.0 Å². The van der Waals surface area contributed by atoms with E-state index >= 15 is 0 Å². The molecule has 0 bridgehead atoms. The lowest BCUT2D eigenvalue weighted by Crippen LogP contribution is -2.29. The lowest BCUT2D eigenvalue weighted by Gasteiger charge is -2.13. The van der Waals surface area contributed by atoms with Crippen LogP contribution in [0, 0.1) is 0 Å². The van der Waals surface area contributed by atoms with Gasteiger partial charge in [-0.1, -0.05) is 0 Å². The Morgan fingerprint density at radius 3 is 2.90 bits per heavy atom. The average Bonchev–Trinajstić information content (AvgIpc) is 2.90. The number of nitrogens with one attached hydrogen (secondary N) is 1. The van der Waals surface area contributed by atoms with Gasteiger partial charge in [0.05, 0.1) is 17.7 Å². The summed E-state index contributed by atoms with van der Waals surface area (Å²) in [5.41, 5.74) is 6.21. The quantitative estimate of drug-likeness (QED) is 0.859. The number of hydrogen-bond donors (Lipinski definition) is 2. The van der Waals surface area contributed by atoms with Crippen molar-refractivity contribution in [3.05, 3.63) is 22.7 Å². The number of benzene rings is 1. The summed E-state index contributed by atoms with van der Waals surface area (Å²) in [6, 6.07) is 5.39. The SMILES string of the molecule is COc1cc(NC(=O)[C@@H]2CC[C@H](CN)O2)ccc1Br.Cl. The van der Waals surface area contributed by atoms with Crippen molar-refractivity contribution in [2.45, 2.75) is 25.0 Å². The highest BCUT2D eigenvalue weighted by Crippen LogP contribution is 2.28. The third-order valence-corrected chi connectivity index (χ3v) is 3.74. The Morgan fingerprint density at radius 1 is 1.55 bits per heavy atom. The summed E-state index contributed by atoms with van der Waals surface area (Å²) in [6.45, 7) is 0.454. The van der Waals surface area contributed by atoms with E-state index in [4.69, 9.17) is 15.2 Å². The van der Waals surface area contributed by atoms with Crippen molar-refractivity contribution in [1.29, 1.82) is 0 Å². The van der Waals surface area contributed by atoms with Gasteiger partial charge in [0.25, 0.3) is 5.91 Å². The van der Waals surface area contributed by atoms with Crippen molar-refractivity contribution in [1.82, 2.24) is 0 Å². The maximum absolute atomic E-state index is 12.0. The molecule has 1 saturated heterocycles. The highest BCUT2D eigenvalue weighted by atomic mass is 79.9. The lowest BCUT2D eigenvalue weighted by molar-refractivity contribution is -0.126. The van der Waals surface area contributed by atoms with Crippen LogP contribution in [0.25, 0.3) is 0 Å². The lowest BCUT2D eigenvalue weighted by atomic mass is 10.2. The van der Waals surface area contributed by atoms with Gasteiger partial charge in [-0.25, -0.2) is 0 Å². The minimum atomic E-state index is -0.414. The van der Waals surface area contributed by atoms with E-state index in [0.29, 0.717) is 24.4 Å². The number of amides is 1. The number of rotatable bonds is 4. The largest absolute Gasteiger partial charge is 0.495 e. The Bertz CT molecular complexity index is 473. The molecule has 2 atom stereocenters. The summed E-state index contributed by atoms with van der Waals surface area (Å²) in [5.74, 6) is 0.533. The zero-order chi connectivity index (χ0) is 13.8. The minimum Gasteiger partial charge on any atom is -0.495 e. The maximum atomic E-state index is 12.0. The highest BCUT2D eigenvalue weighted by Gasteiger charge is 2.29. The van der Waals surface area contributed by atoms with Crippen molar-refractivity contribution in [3.63, 3.8) is 0 Å². The molecule has 1 aromatic carbocycles. The van der Waals surface area contributed by atoms with E-state index in [2.05, 4.69) is 21.2 Å². The summed E-state index contributed by atoms with van der Waals surface area (Å²) in [5, 5.41) is 2.82. The standard InChI is InChI=1S/C13H17BrN2O3.ClH/c1-18-12-6-8(2-4-10(12)14)16-13(17)11-5-3-9(7-15)19-11;/h2,4,6,9,11H,3,5,7,15H2,1H3,(H,16,17);1H/t9-,11+;/m1./s1. The van der Waals surface area contributed by atoms with Crippen molar-refractivity contribution in [2.24, 2.45) is 5.73 Å². The molecule has 0 unspecified atom stereocenters. The summed E-state index contributed by atoms with van der Waals surface area (Å²) >= 11 is 3.36. The summed E-state index contributed by atoms with van der Waals surface area (Å²) < 4.78 is 11.6. The Kier molecular flexibility index (Phi) is 6.75. The van der Waals surface area contributed by atoms with E-state index in [1.807, 2.05) is 6.07 Å². The van der Waals surface area contributed by atoms with Gasteiger partial charge >= 0.3 is 0 Å². The molecule has 0 aromatic heterocycles. The van der Waals surface area contributed by atoms with Gasteiger partial charge in [0.1, 0.15) is 11.9 Å². The van der Waals surface area contributed by atoms with Crippen LogP contribution in [0.4, 0.5) is 5.69 Å². The Hall–Kier alpha value is -0.820. The molecule has 112 valence electrons. The molecule has 1 aliphatic rings. The van der Waals surface area contributed by atoms with Crippen LogP contribution in [0.1, 0.15) is 12.8 Å². The number of ether oxygens (including phenoxy) is 2. The van der Waals surface area contributed by atoms with Gasteiger partial charge in [0.2, 0.25) is 0 Å². The monoisotopic (exact) mass is 364 g/mol. The van der Waals surface area contributed by atoms with Crippen LogP contribution >= 0.6 is 28.3 Å². The summed E-state index contributed by atoms with van der Waals surface area (Å²) in [4.78, 5) is 12.0. The number of carbonyl (C=O) groups excluding carboxylic acids is 1. The number of hydrogen-bond acceptors (Lipinski definition) is 4. The van der Waals surface area contributed by atoms with Gasteiger partial charge in [-0.3, -0.25) is 4.79 Å². The van der Waals surface area contributed by atoms with Crippen LogP contribution in [0.3, 0.4) is 0 Å². The third kappa shape index (κ3) is 4.09. The first-order valence-corrected chi connectivity index (χ1v) is 6.93. The molecule has 2 rings (SSSR count). The van der Waals surface area contributed by atoms with E-state index in [0.717, 1.165) is 10.9 Å². The fourth-order valence-electron chi connectivity index (χ4n) is 2.03. The van der Waals surface area contributed by atoms with E-state index in [1.165, 1.54) is 0 Å². The smallest absolute Gasteiger partial charge is 0.253 e. The third-order valence-electron chi connectivity index (χ3n) is 3.08.